The highest BCUT2D eigenvalue weighted by molar-refractivity contribution is 5.73. The number of benzene rings is 1. The molecule has 0 aliphatic carbocycles. The predicted octanol–water partition coefficient (Wildman–Crippen LogP) is 2.72. The number of nitrogens with zero attached hydrogens (tertiary/aromatic N) is 1. The Balaban J connectivity index is 2.45. The number of likely N-dealkylation sites (N-methyl/N-ethyl adjacent to an activating group) is 1. The minimum Gasteiger partial charge on any atom is -0.381 e. The summed E-state index contributed by atoms with van der Waals surface area (Å²) in [5.41, 5.74) is 2.79. The van der Waals surface area contributed by atoms with Crippen molar-refractivity contribution >= 4 is 11.4 Å². The zero-order chi connectivity index (χ0) is 10.2. The summed E-state index contributed by atoms with van der Waals surface area (Å²) in [4.78, 5) is 2.46. The maximum Gasteiger partial charge on any atom is 0.0607 e. The van der Waals surface area contributed by atoms with Crippen molar-refractivity contribution in [3.63, 3.8) is 0 Å². The topological polar surface area (TPSA) is 15.3 Å². The molecule has 0 atom stereocenters. The molecule has 2 heteroatoms. The lowest BCUT2D eigenvalue weighted by Gasteiger charge is -2.45. The van der Waals surface area contributed by atoms with E-state index in [1.165, 1.54) is 11.4 Å². The van der Waals surface area contributed by atoms with Crippen LogP contribution in [0.2, 0.25) is 0 Å². The van der Waals surface area contributed by atoms with Gasteiger partial charge in [-0.05, 0) is 32.9 Å². The smallest absolute Gasteiger partial charge is 0.0607 e. The number of fused-ring (bicyclic) bond motifs is 1. The molecule has 2 nitrogen and oxygen atoms in total. The second-order valence-electron chi connectivity index (χ2n) is 4.43. The Labute approximate surface area is 85.9 Å². The number of anilines is 2. The van der Waals surface area contributed by atoms with Gasteiger partial charge >= 0.3 is 0 Å². The molecule has 0 saturated carbocycles. The molecule has 76 valence electrons. The molecule has 0 fully saturated rings. The first-order valence-corrected chi connectivity index (χ1v) is 5.26. The number of rotatable bonds is 1. The van der Waals surface area contributed by atoms with E-state index in [0.717, 1.165) is 13.1 Å². The summed E-state index contributed by atoms with van der Waals surface area (Å²) in [5.74, 6) is 0. The van der Waals surface area contributed by atoms with Crippen molar-refractivity contribution in [3.05, 3.63) is 24.3 Å². The van der Waals surface area contributed by atoms with Crippen LogP contribution in [0.1, 0.15) is 20.8 Å². The molecule has 1 aromatic rings. The van der Waals surface area contributed by atoms with Gasteiger partial charge in [-0.2, -0.15) is 0 Å². The molecule has 0 radical (unpaired) electrons. The first-order valence-electron chi connectivity index (χ1n) is 5.26. The van der Waals surface area contributed by atoms with E-state index < -0.39 is 0 Å². The van der Waals surface area contributed by atoms with E-state index in [4.69, 9.17) is 0 Å². The highest BCUT2D eigenvalue weighted by atomic mass is 15.2. The molecule has 0 aromatic heterocycles. The van der Waals surface area contributed by atoms with Gasteiger partial charge in [-0.25, -0.2) is 0 Å². The van der Waals surface area contributed by atoms with E-state index in [1.807, 2.05) is 0 Å². The van der Waals surface area contributed by atoms with Gasteiger partial charge in [0, 0.05) is 13.1 Å². The highest BCUT2D eigenvalue weighted by Crippen LogP contribution is 2.35. The number of nitrogens with one attached hydrogen (secondary N) is 1. The number of para-hydroxylation sites is 2. The Morgan fingerprint density at radius 1 is 1.36 bits per heavy atom. The summed E-state index contributed by atoms with van der Waals surface area (Å²) in [5, 5.41) is 3.48. The van der Waals surface area contributed by atoms with E-state index in [1.54, 1.807) is 0 Å². The molecule has 1 N–H and O–H groups in total. The summed E-state index contributed by atoms with van der Waals surface area (Å²) < 4.78 is 0. The van der Waals surface area contributed by atoms with Crippen LogP contribution in [0.25, 0.3) is 0 Å². The lowest BCUT2D eigenvalue weighted by molar-refractivity contribution is 0.480. The van der Waals surface area contributed by atoms with Gasteiger partial charge in [0.15, 0.2) is 0 Å². The van der Waals surface area contributed by atoms with E-state index >= 15 is 0 Å². The van der Waals surface area contributed by atoms with E-state index in [9.17, 15) is 0 Å². The standard InChI is InChI=1S/C12H18N2/c1-4-14-11-8-6-5-7-10(11)13-9-12(14,2)3/h5-8,13H,4,9H2,1-3H3. The molecule has 0 amide bonds. The lowest BCUT2D eigenvalue weighted by Crippen LogP contribution is -2.52. The van der Waals surface area contributed by atoms with Crippen LogP contribution in [0.4, 0.5) is 11.4 Å². The first-order chi connectivity index (χ1) is 6.65. The zero-order valence-electron chi connectivity index (χ0n) is 9.17. The van der Waals surface area contributed by atoms with Crippen LogP contribution >= 0.6 is 0 Å². The summed E-state index contributed by atoms with van der Waals surface area (Å²) in [7, 11) is 0. The van der Waals surface area contributed by atoms with Gasteiger partial charge in [0.1, 0.15) is 0 Å². The van der Waals surface area contributed by atoms with Gasteiger partial charge in [0.2, 0.25) is 0 Å². The predicted molar refractivity (Wildman–Crippen MR) is 62.0 cm³/mol. The second-order valence-corrected chi connectivity index (χ2v) is 4.43. The second kappa shape index (κ2) is 3.19. The summed E-state index contributed by atoms with van der Waals surface area (Å²) in [6.07, 6.45) is 0. The Morgan fingerprint density at radius 2 is 2.07 bits per heavy atom. The third-order valence-corrected chi connectivity index (χ3v) is 2.95. The fraction of sp³-hybridized carbons (Fsp3) is 0.500. The first kappa shape index (κ1) is 9.38. The van der Waals surface area contributed by atoms with Gasteiger partial charge in [-0.1, -0.05) is 12.1 Å². The van der Waals surface area contributed by atoms with Crippen molar-refractivity contribution in [3.8, 4) is 0 Å². The summed E-state index contributed by atoms with van der Waals surface area (Å²) in [6.45, 7) is 8.84. The maximum atomic E-state index is 3.48. The van der Waals surface area contributed by atoms with Crippen molar-refractivity contribution in [2.45, 2.75) is 26.3 Å². The fourth-order valence-electron chi connectivity index (χ4n) is 2.19. The monoisotopic (exact) mass is 190 g/mol. The molecule has 1 aliphatic rings. The zero-order valence-corrected chi connectivity index (χ0v) is 9.17. The fourth-order valence-corrected chi connectivity index (χ4v) is 2.19. The molecule has 14 heavy (non-hydrogen) atoms. The minimum atomic E-state index is 0.211. The molecule has 0 saturated heterocycles. The van der Waals surface area contributed by atoms with Crippen LogP contribution in [0.3, 0.4) is 0 Å². The van der Waals surface area contributed by atoms with Crippen molar-refractivity contribution in [1.29, 1.82) is 0 Å². The average Bonchev–Trinajstić information content (AvgIpc) is 2.17. The van der Waals surface area contributed by atoms with Crippen molar-refractivity contribution in [2.24, 2.45) is 0 Å². The molecule has 1 aliphatic heterocycles. The van der Waals surface area contributed by atoms with E-state index in [2.05, 4.69) is 55.3 Å². The van der Waals surface area contributed by atoms with Gasteiger partial charge in [0.05, 0.1) is 16.9 Å². The normalized spacial score (nSPS) is 18.6. The molecule has 0 unspecified atom stereocenters. The van der Waals surface area contributed by atoms with Gasteiger partial charge in [0.25, 0.3) is 0 Å². The number of hydrogen-bond donors (Lipinski definition) is 1. The van der Waals surface area contributed by atoms with E-state index in [0.29, 0.717) is 0 Å². The molecule has 0 bridgehead atoms. The van der Waals surface area contributed by atoms with Gasteiger partial charge in [-0.15, -0.1) is 0 Å². The van der Waals surface area contributed by atoms with Crippen LogP contribution in [0, 0.1) is 0 Å². The van der Waals surface area contributed by atoms with Crippen LogP contribution in [0.5, 0.6) is 0 Å². The van der Waals surface area contributed by atoms with Crippen molar-refractivity contribution < 1.29 is 0 Å². The Bertz CT molecular complexity index is 331. The van der Waals surface area contributed by atoms with Crippen LogP contribution in [-0.2, 0) is 0 Å². The molecule has 0 spiro atoms. The Morgan fingerprint density at radius 3 is 2.79 bits per heavy atom. The maximum absolute atomic E-state index is 3.48. The molecule has 2 rings (SSSR count). The molecular formula is C12H18N2. The Kier molecular flexibility index (Phi) is 2.14. The molecule has 1 heterocycles. The van der Waals surface area contributed by atoms with Gasteiger partial charge in [-0.3, -0.25) is 0 Å². The SMILES string of the molecule is CCN1c2ccccc2NCC1(C)C. The van der Waals surface area contributed by atoms with Crippen molar-refractivity contribution in [1.82, 2.24) is 0 Å². The minimum absolute atomic E-state index is 0.211. The summed E-state index contributed by atoms with van der Waals surface area (Å²) in [6, 6.07) is 8.52. The van der Waals surface area contributed by atoms with Crippen LogP contribution < -0.4 is 10.2 Å². The van der Waals surface area contributed by atoms with E-state index in [-0.39, 0.29) is 5.54 Å². The van der Waals surface area contributed by atoms with Crippen LogP contribution in [0.15, 0.2) is 24.3 Å². The van der Waals surface area contributed by atoms with Gasteiger partial charge < -0.3 is 10.2 Å². The Hall–Kier alpha value is -1.18. The third-order valence-electron chi connectivity index (χ3n) is 2.95. The summed E-state index contributed by atoms with van der Waals surface area (Å²) >= 11 is 0. The largest absolute Gasteiger partial charge is 0.381 e. The van der Waals surface area contributed by atoms with Crippen molar-refractivity contribution in [2.75, 3.05) is 23.3 Å². The van der Waals surface area contributed by atoms with Crippen LogP contribution in [-0.4, -0.2) is 18.6 Å². The molecule has 1 aromatic carbocycles. The quantitative estimate of drug-likeness (QED) is 0.732. The number of hydrogen-bond acceptors (Lipinski definition) is 2. The molecular weight excluding hydrogens is 172 g/mol. The lowest BCUT2D eigenvalue weighted by atomic mass is 9.98. The highest BCUT2D eigenvalue weighted by Gasteiger charge is 2.30. The average molecular weight is 190 g/mol. The third kappa shape index (κ3) is 1.35.